The summed E-state index contributed by atoms with van der Waals surface area (Å²) in [6.45, 7) is 2.23. The quantitative estimate of drug-likeness (QED) is 0.452. The van der Waals surface area contributed by atoms with Gasteiger partial charge < -0.3 is 10.8 Å². The zero-order chi connectivity index (χ0) is 8.53. The number of rotatable bonds is 6. The fourth-order valence-corrected chi connectivity index (χ4v) is 0.844. The maximum Gasteiger partial charge on any atom is 0.0618 e. The van der Waals surface area contributed by atoms with Gasteiger partial charge in [-0.15, -0.1) is 0 Å². The number of aliphatic hydroxyl groups excluding tert-OH is 1. The van der Waals surface area contributed by atoms with Crippen molar-refractivity contribution in [1.82, 2.24) is 0 Å². The summed E-state index contributed by atoms with van der Waals surface area (Å²) >= 11 is 0. The second-order valence-corrected chi connectivity index (χ2v) is 2.77. The van der Waals surface area contributed by atoms with E-state index < -0.39 is 0 Å². The molecule has 0 aromatic carbocycles. The van der Waals surface area contributed by atoms with Gasteiger partial charge >= 0.3 is 0 Å². The number of hydrogen-bond acceptors (Lipinski definition) is 2. The minimum Gasteiger partial charge on any atom is -0.394 e. The summed E-state index contributed by atoms with van der Waals surface area (Å²) in [4.78, 5) is 0. The third-order valence-corrected chi connectivity index (χ3v) is 1.57. The molecule has 0 aliphatic heterocycles. The van der Waals surface area contributed by atoms with Crippen LogP contribution in [-0.2, 0) is 0 Å². The monoisotopic (exact) mass is 157 g/mol. The molecule has 66 valence electrons. The molecule has 1 unspecified atom stereocenters. The van der Waals surface area contributed by atoms with E-state index in [1.165, 1.54) is 19.3 Å². The van der Waals surface area contributed by atoms with E-state index >= 15 is 0 Å². The van der Waals surface area contributed by atoms with Gasteiger partial charge in [-0.1, -0.05) is 31.9 Å². The molecule has 0 bridgehead atoms. The Balaban J connectivity index is 3.15. The Kier molecular flexibility index (Phi) is 7.52. The van der Waals surface area contributed by atoms with Crippen LogP contribution >= 0.6 is 0 Å². The largest absolute Gasteiger partial charge is 0.394 e. The van der Waals surface area contributed by atoms with E-state index in [-0.39, 0.29) is 12.6 Å². The summed E-state index contributed by atoms with van der Waals surface area (Å²) in [5, 5.41) is 8.56. The summed E-state index contributed by atoms with van der Waals surface area (Å²) in [5.74, 6) is 0. The van der Waals surface area contributed by atoms with Gasteiger partial charge in [0.1, 0.15) is 0 Å². The van der Waals surface area contributed by atoms with Gasteiger partial charge in [0.25, 0.3) is 0 Å². The lowest BCUT2D eigenvalue weighted by Gasteiger charge is -1.98. The lowest BCUT2D eigenvalue weighted by Crippen LogP contribution is -2.20. The second kappa shape index (κ2) is 7.76. The van der Waals surface area contributed by atoms with Crippen LogP contribution in [0.25, 0.3) is 0 Å². The number of nitrogens with two attached hydrogens (primary N) is 1. The van der Waals surface area contributed by atoms with Crippen molar-refractivity contribution in [2.45, 2.75) is 38.6 Å². The molecule has 0 aliphatic rings. The molecular weight excluding hydrogens is 138 g/mol. The number of hydrogen-bond donors (Lipinski definition) is 2. The van der Waals surface area contributed by atoms with E-state index in [4.69, 9.17) is 10.8 Å². The molecule has 0 aromatic rings. The van der Waals surface area contributed by atoms with Crippen molar-refractivity contribution in [2.75, 3.05) is 6.61 Å². The van der Waals surface area contributed by atoms with Crippen LogP contribution in [0.2, 0.25) is 0 Å². The number of allylic oxidation sites excluding steroid dienone is 1. The van der Waals surface area contributed by atoms with Gasteiger partial charge in [0.15, 0.2) is 0 Å². The molecule has 1 atom stereocenters. The zero-order valence-corrected chi connectivity index (χ0v) is 7.29. The normalized spacial score (nSPS) is 14.1. The molecule has 0 aliphatic carbocycles. The highest BCUT2D eigenvalue weighted by Gasteiger charge is 1.90. The van der Waals surface area contributed by atoms with Gasteiger partial charge in [-0.25, -0.2) is 0 Å². The fourth-order valence-electron chi connectivity index (χ4n) is 0.844. The fraction of sp³-hybridized carbons (Fsp3) is 0.778. The molecule has 0 amide bonds. The Morgan fingerprint density at radius 2 is 2.18 bits per heavy atom. The summed E-state index contributed by atoms with van der Waals surface area (Å²) < 4.78 is 0. The van der Waals surface area contributed by atoms with Crippen molar-refractivity contribution < 1.29 is 5.11 Å². The van der Waals surface area contributed by atoms with Crippen molar-refractivity contribution in [1.29, 1.82) is 0 Å². The third kappa shape index (κ3) is 7.56. The Morgan fingerprint density at radius 1 is 1.45 bits per heavy atom. The molecule has 2 heteroatoms. The Morgan fingerprint density at radius 3 is 2.73 bits per heavy atom. The lowest BCUT2D eigenvalue weighted by molar-refractivity contribution is 0.284. The van der Waals surface area contributed by atoms with Gasteiger partial charge in [-0.2, -0.15) is 0 Å². The van der Waals surface area contributed by atoms with Crippen LogP contribution in [-0.4, -0.2) is 17.8 Å². The molecule has 0 heterocycles. The van der Waals surface area contributed by atoms with Crippen LogP contribution in [0.15, 0.2) is 12.2 Å². The lowest BCUT2D eigenvalue weighted by atomic mass is 10.2. The highest BCUT2D eigenvalue weighted by atomic mass is 16.3. The molecular formula is C9H19NO. The van der Waals surface area contributed by atoms with Gasteiger partial charge in [0.2, 0.25) is 0 Å². The first kappa shape index (κ1) is 10.7. The Bertz CT molecular complexity index is 102. The van der Waals surface area contributed by atoms with Gasteiger partial charge in [0, 0.05) is 6.04 Å². The van der Waals surface area contributed by atoms with E-state index in [9.17, 15) is 0 Å². The molecule has 3 N–H and O–H groups in total. The summed E-state index contributed by atoms with van der Waals surface area (Å²) in [6.07, 6.45) is 8.76. The van der Waals surface area contributed by atoms with Gasteiger partial charge in [0.05, 0.1) is 6.61 Å². The predicted octanol–water partition coefficient (Wildman–Crippen LogP) is 1.44. The molecule has 0 spiro atoms. The van der Waals surface area contributed by atoms with Crippen LogP contribution in [0.3, 0.4) is 0 Å². The standard InChI is InChI=1S/C9H19NO/c1-2-3-4-5-6-7-9(10)8-11/h6-7,9,11H,2-5,8,10H2,1H3/b7-6+. The Hall–Kier alpha value is -0.340. The van der Waals surface area contributed by atoms with E-state index in [1.54, 1.807) is 0 Å². The molecule has 0 saturated carbocycles. The summed E-state index contributed by atoms with van der Waals surface area (Å²) in [7, 11) is 0. The van der Waals surface area contributed by atoms with Crippen molar-refractivity contribution >= 4 is 0 Å². The van der Waals surface area contributed by atoms with Crippen LogP contribution in [0, 0.1) is 0 Å². The second-order valence-electron chi connectivity index (χ2n) is 2.77. The molecule has 0 saturated heterocycles. The van der Waals surface area contributed by atoms with Crippen LogP contribution in [0.5, 0.6) is 0 Å². The van der Waals surface area contributed by atoms with Gasteiger partial charge in [-0.3, -0.25) is 0 Å². The average Bonchev–Trinajstić information content (AvgIpc) is 2.04. The topological polar surface area (TPSA) is 46.2 Å². The third-order valence-electron chi connectivity index (χ3n) is 1.57. The van der Waals surface area contributed by atoms with Crippen molar-refractivity contribution in [3.8, 4) is 0 Å². The van der Waals surface area contributed by atoms with E-state index in [0.717, 1.165) is 6.42 Å². The van der Waals surface area contributed by atoms with Crippen molar-refractivity contribution in [3.63, 3.8) is 0 Å². The maximum atomic E-state index is 8.56. The molecule has 11 heavy (non-hydrogen) atoms. The maximum absolute atomic E-state index is 8.56. The van der Waals surface area contributed by atoms with Crippen LogP contribution in [0.1, 0.15) is 32.6 Å². The SMILES string of the molecule is CCCCC/C=C/C(N)CO. The van der Waals surface area contributed by atoms with Crippen LogP contribution < -0.4 is 5.73 Å². The molecule has 0 radical (unpaired) electrons. The first-order chi connectivity index (χ1) is 5.31. The highest BCUT2D eigenvalue weighted by Crippen LogP contribution is 1.99. The molecule has 0 aromatic heterocycles. The summed E-state index contributed by atoms with van der Waals surface area (Å²) in [5.41, 5.74) is 5.45. The minimum atomic E-state index is -0.170. The van der Waals surface area contributed by atoms with E-state index in [1.807, 2.05) is 6.08 Å². The number of aliphatic hydroxyl groups is 1. The van der Waals surface area contributed by atoms with Crippen molar-refractivity contribution in [3.05, 3.63) is 12.2 Å². The minimum absolute atomic E-state index is 0.0459. The van der Waals surface area contributed by atoms with E-state index in [2.05, 4.69) is 13.0 Å². The number of unbranched alkanes of at least 4 members (excludes halogenated alkanes) is 3. The Labute approximate surface area is 69.1 Å². The average molecular weight is 157 g/mol. The highest BCUT2D eigenvalue weighted by molar-refractivity contribution is 4.90. The van der Waals surface area contributed by atoms with Crippen LogP contribution in [0.4, 0.5) is 0 Å². The van der Waals surface area contributed by atoms with Crippen molar-refractivity contribution in [2.24, 2.45) is 5.73 Å². The van der Waals surface area contributed by atoms with E-state index in [0.29, 0.717) is 0 Å². The predicted molar refractivity (Wildman–Crippen MR) is 48.3 cm³/mol. The molecule has 2 nitrogen and oxygen atoms in total. The first-order valence-electron chi connectivity index (χ1n) is 4.34. The van der Waals surface area contributed by atoms with Gasteiger partial charge in [-0.05, 0) is 12.8 Å². The molecule has 0 fully saturated rings. The first-order valence-corrected chi connectivity index (χ1v) is 4.34. The zero-order valence-electron chi connectivity index (χ0n) is 7.29. The smallest absolute Gasteiger partial charge is 0.0618 e. The molecule has 0 rings (SSSR count). The summed E-state index contributed by atoms with van der Waals surface area (Å²) in [6, 6.07) is -0.170.